The molecule has 2 heterocycles. The Kier molecular flexibility index (Phi) is 5.70. The summed E-state index contributed by atoms with van der Waals surface area (Å²) < 4.78 is 2.04. The highest BCUT2D eigenvalue weighted by Gasteiger charge is 2.24. The molecule has 5 nitrogen and oxygen atoms in total. The second kappa shape index (κ2) is 7.95. The number of nitrogens with one attached hydrogen (secondary N) is 1. The fourth-order valence-electron chi connectivity index (χ4n) is 3.95. The van der Waals surface area contributed by atoms with Crippen LogP contribution in [0.3, 0.4) is 0 Å². The quantitative estimate of drug-likeness (QED) is 0.865. The number of hydrogen-bond acceptors (Lipinski definition) is 3. The van der Waals surface area contributed by atoms with E-state index < -0.39 is 0 Å². The third-order valence-corrected chi connectivity index (χ3v) is 5.50. The highest BCUT2D eigenvalue weighted by atomic mass is 16.2. The van der Waals surface area contributed by atoms with Gasteiger partial charge < -0.3 is 10.2 Å². The Morgan fingerprint density at radius 3 is 2.52 bits per heavy atom. The molecule has 0 unspecified atom stereocenters. The minimum absolute atomic E-state index is 0.183. The van der Waals surface area contributed by atoms with Crippen molar-refractivity contribution in [1.82, 2.24) is 14.7 Å². The Bertz CT molecular complexity index is 497. The van der Waals surface area contributed by atoms with Gasteiger partial charge in [-0.3, -0.25) is 4.79 Å². The summed E-state index contributed by atoms with van der Waals surface area (Å²) in [5.74, 6) is 1.26. The number of carbonyl (C=O) groups is 1. The summed E-state index contributed by atoms with van der Waals surface area (Å²) in [5.41, 5.74) is 0. The summed E-state index contributed by atoms with van der Waals surface area (Å²) >= 11 is 0. The maximum atomic E-state index is 12.6. The minimum Gasteiger partial charge on any atom is -0.311 e. The van der Waals surface area contributed by atoms with Crippen molar-refractivity contribution in [2.24, 2.45) is 5.92 Å². The average molecular weight is 318 g/mol. The molecule has 128 valence electrons. The molecule has 5 heteroatoms. The predicted molar refractivity (Wildman–Crippen MR) is 92.4 cm³/mol. The fourth-order valence-corrected chi connectivity index (χ4v) is 3.95. The van der Waals surface area contributed by atoms with E-state index in [2.05, 4.69) is 22.2 Å². The molecule has 23 heavy (non-hydrogen) atoms. The van der Waals surface area contributed by atoms with Crippen LogP contribution < -0.4 is 5.32 Å². The van der Waals surface area contributed by atoms with E-state index in [9.17, 15) is 4.79 Å². The van der Waals surface area contributed by atoms with E-state index >= 15 is 0 Å². The number of nitrogens with zero attached hydrogens (tertiary/aromatic N) is 3. The largest absolute Gasteiger partial charge is 0.311 e. The summed E-state index contributed by atoms with van der Waals surface area (Å²) in [6.45, 7) is 5.58. The molecule has 1 aromatic heterocycles. The molecule has 3 rings (SSSR count). The molecule has 0 radical (unpaired) electrons. The molecule has 0 bridgehead atoms. The van der Waals surface area contributed by atoms with Crippen LogP contribution in [-0.4, -0.2) is 40.2 Å². The maximum absolute atomic E-state index is 12.6. The monoisotopic (exact) mass is 318 g/mol. The van der Waals surface area contributed by atoms with Gasteiger partial charge in [0.15, 0.2) is 0 Å². The molecule has 0 spiro atoms. The lowest BCUT2D eigenvalue weighted by atomic mass is 9.99. The van der Waals surface area contributed by atoms with Crippen molar-refractivity contribution < 1.29 is 4.79 Å². The van der Waals surface area contributed by atoms with Crippen molar-refractivity contribution in [2.75, 3.05) is 25.0 Å². The molecule has 2 aliphatic rings. The molecule has 1 N–H and O–H groups in total. The van der Waals surface area contributed by atoms with Crippen LogP contribution in [0.1, 0.15) is 64.3 Å². The van der Waals surface area contributed by atoms with E-state index in [1.807, 2.05) is 16.9 Å². The Morgan fingerprint density at radius 1 is 1.17 bits per heavy atom. The van der Waals surface area contributed by atoms with Crippen LogP contribution in [0.5, 0.6) is 0 Å². The van der Waals surface area contributed by atoms with Gasteiger partial charge in [0, 0.05) is 25.1 Å². The van der Waals surface area contributed by atoms with Crippen molar-refractivity contribution in [3.8, 4) is 0 Å². The second-order valence-corrected chi connectivity index (χ2v) is 7.00. The molecule has 1 aliphatic carbocycles. The Hall–Kier alpha value is -1.36. The molecule has 2 fully saturated rings. The van der Waals surface area contributed by atoms with E-state index in [1.54, 1.807) is 0 Å². The van der Waals surface area contributed by atoms with Gasteiger partial charge in [0.1, 0.15) is 5.82 Å². The van der Waals surface area contributed by atoms with Crippen LogP contribution in [0.25, 0.3) is 0 Å². The number of anilines is 1. The molecular formula is C18H30N4O. The van der Waals surface area contributed by atoms with Crippen LogP contribution >= 0.6 is 0 Å². The summed E-state index contributed by atoms with van der Waals surface area (Å²) in [4.78, 5) is 15.1. The first-order chi connectivity index (χ1) is 11.3. The summed E-state index contributed by atoms with van der Waals surface area (Å²) in [6, 6.07) is 2.36. The van der Waals surface area contributed by atoms with Gasteiger partial charge in [0.25, 0.3) is 0 Å². The van der Waals surface area contributed by atoms with Crippen molar-refractivity contribution in [2.45, 2.75) is 64.3 Å². The standard InChI is InChI=1S/C18H30N4O/c1-2-21-13-10-16(11-14-21)22-17(9-12-19-22)20-18(23)15-7-5-3-4-6-8-15/h9,12,15-16H,2-8,10-11,13-14H2,1H3,(H,20,23). The minimum atomic E-state index is 0.183. The molecule has 0 aromatic carbocycles. The molecule has 1 aliphatic heterocycles. The number of likely N-dealkylation sites (tertiary alicyclic amines) is 1. The lowest BCUT2D eigenvalue weighted by Gasteiger charge is -2.31. The van der Waals surface area contributed by atoms with E-state index in [0.29, 0.717) is 6.04 Å². The Labute approximate surface area is 139 Å². The normalized spacial score (nSPS) is 22.0. The van der Waals surface area contributed by atoms with Gasteiger partial charge in [-0.15, -0.1) is 0 Å². The molecular weight excluding hydrogens is 288 g/mol. The molecule has 1 aromatic rings. The maximum Gasteiger partial charge on any atom is 0.228 e. The number of aromatic nitrogens is 2. The first-order valence-electron chi connectivity index (χ1n) is 9.34. The van der Waals surface area contributed by atoms with E-state index in [0.717, 1.165) is 51.1 Å². The van der Waals surface area contributed by atoms with Gasteiger partial charge in [0.05, 0.1) is 12.2 Å². The van der Waals surface area contributed by atoms with Gasteiger partial charge in [-0.05, 0) is 32.2 Å². The smallest absolute Gasteiger partial charge is 0.228 e. The van der Waals surface area contributed by atoms with Crippen molar-refractivity contribution in [3.05, 3.63) is 12.3 Å². The van der Waals surface area contributed by atoms with Crippen LogP contribution in [0, 0.1) is 5.92 Å². The number of amides is 1. The number of hydrogen-bond donors (Lipinski definition) is 1. The van der Waals surface area contributed by atoms with E-state index in [4.69, 9.17) is 0 Å². The lowest BCUT2D eigenvalue weighted by Crippen LogP contribution is -2.35. The van der Waals surface area contributed by atoms with Gasteiger partial charge in [-0.1, -0.05) is 32.6 Å². The predicted octanol–water partition coefficient (Wildman–Crippen LogP) is 3.45. The van der Waals surface area contributed by atoms with Gasteiger partial charge >= 0.3 is 0 Å². The van der Waals surface area contributed by atoms with Crippen molar-refractivity contribution >= 4 is 11.7 Å². The molecule has 1 saturated heterocycles. The van der Waals surface area contributed by atoms with Gasteiger partial charge in [-0.25, -0.2) is 4.68 Å². The zero-order valence-corrected chi connectivity index (χ0v) is 14.3. The van der Waals surface area contributed by atoms with Crippen LogP contribution in [-0.2, 0) is 4.79 Å². The fraction of sp³-hybridized carbons (Fsp3) is 0.778. The number of piperidine rings is 1. The lowest BCUT2D eigenvalue weighted by molar-refractivity contribution is -0.120. The van der Waals surface area contributed by atoms with Crippen LogP contribution in [0.4, 0.5) is 5.82 Å². The highest BCUT2D eigenvalue weighted by Crippen LogP contribution is 2.27. The third kappa shape index (κ3) is 4.14. The third-order valence-electron chi connectivity index (χ3n) is 5.50. The molecule has 1 saturated carbocycles. The van der Waals surface area contributed by atoms with Crippen molar-refractivity contribution in [3.63, 3.8) is 0 Å². The Balaban J connectivity index is 1.61. The summed E-state index contributed by atoms with van der Waals surface area (Å²) in [7, 11) is 0. The highest BCUT2D eigenvalue weighted by molar-refractivity contribution is 5.91. The van der Waals surface area contributed by atoms with E-state index in [-0.39, 0.29) is 11.8 Å². The first kappa shape index (κ1) is 16.5. The zero-order chi connectivity index (χ0) is 16.1. The topological polar surface area (TPSA) is 50.2 Å². The molecule has 1 amide bonds. The van der Waals surface area contributed by atoms with Crippen LogP contribution in [0.2, 0.25) is 0 Å². The second-order valence-electron chi connectivity index (χ2n) is 7.00. The number of rotatable bonds is 4. The summed E-state index contributed by atoms with van der Waals surface area (Å²) in [5, 5.41) is 7.65. The van der Waals surface area contributed by atoms with Gasteiger partial charge in [0.2, 0.25) is 5.91 Å². The molecule has 0 atom stereocenters. The van der Waals surface area contributed by atoms with E-state index in [1.165, 1.54) is 25.7 Å². The zero-order valence-electron chi connectivity index (χ0n) is 14.3. The average Bonchev–Trinajstić information content (AvgIpc) is 2.86. The first-order valence-corrected chi connectivity index (χ1v) is 9.34. The van der Waals surface area contributed by atoms with Crippen LogP contribution in [0.15, 0.2) is 12.3 Å². The number of carbonyl (C=O) groups excluding carboxylic acids is 1. The van der Waals surface area contributed by atoms with Gasteiger partial charge in [-0.2, -0.15) is 5.10 Å². The summed E-state index contributed by atoms with van der Waals surface area (Å²) in [6.07, 6.45) is 11.0. The van der Waals surface area contributed by atoms with Crippen molar-refractivity contribution in [1.29, 1.82) is 0 Å². The SMILES string of the molecule is CCN1CCC(n2nccc2NC(=O)C2CCCCCC2)CC1. The Morgan fingerprint density at radius 2 is 1.87 bits per heavy atom.